The van der Waals surface area contributed by atoms with Gasteiger partial charge in [-0.05, 0) is 31.2 Å². The van der Waals surface area contributed by atoms with E-state index in [1.165, 1.54) is 17.8 Å². The molecule has 1 aromatic carbocycles. The van der Waals surface area contributed by atoms with Gasteiger partial charge in [0.2, 0.25) is 0 Å². The van der Waals surface area contributed by atoms with Crippen LogP contribution in [0.3, 0.4) is 0 Å². The van der Waals surface area contributed by atoms with Gasteiger partial charge in [-0.3, -0.25) is 4.98 Å². The van der Waals surface area contributed by atoms with Gasteiger partial charge in [0.05, 0.1) is 22.7 Å². The van der Waals surface area contributed by atoms with Gasteiger partial charge in [-0.25, -0.2) is 9.00 Å². The Balaban J connectivity index is 2.03. The number of benzene rings is 1. The molecular weight excluding hydrogens is 314 g/mol. The lowest BCUT2D eigenvalue weighted by Gasteiger charge is -2.11. The molecule has 0 fully saturated rings. The Morgan fingerprint density at radius 1 is 1.35 bits per heavy atom. The van der Waals surface area contributed by atoms with Crippen LogP contribution in [0.15, 0.2) is 70.5 Å². The molecule has 23 heavy (non-hydrogen) atoms. The summed E-state index contributed by atoms with van der Waals surface area (Å²) in [6.07, 6.45) is 4.23. The fraction of sp³-hybridized carbons (Fsp3) is 0.0667. The lowest BCUT2D eigenvalue weighted by Crippen LogP contribution is -2.25. The number of anilines is 1. The van der Waals surface area contributed by atoms with Crippen LogP contribution in [0.5, 0.6) is 0 Å². The van der Waals surface area contributed by atoms with Gasteiger partial charge in [0.1, 0.15) is 0 Å². The first-order valence-corrected chi connectivity index (χ1v) is 7.84. The Labute approximate surface area is 136 Å². The van der Waals surface area contributed by atoms with E-state index < -0.39 is 16.8 Å². The normalized spacial score (nSPS) is 11.9. The SMILES string of the molecule is Cc1ccc(S(=O)/C=C/N(N=N)C(=O)Nc2cccnc2)cc1. The molecule has 0 aliphatic heterocycles. The van der Waals surface area contributed by atoms with Crippen LogP contribution in [-0.2, 0) is 10.8 Å². The van der Waals surface area contributed by atoms with Gasteiger partial charge in [-0.2, -0.15) is 10.5 Å². The molecule has 8 heteroatoms. The minimum Gasteiger partial charge on any atom is -0.305 e. The lowest BCUT2D eigenvalue weighted by atomic mass is 10.2. The Kier molecular flexibility index (Phi) is 5.70. The van der Waals surface area contributed by atoms with Gasteiger partial charge in [-0.1, -0.05) is 22.9 Å². The van der Waals surface area contributed by atoms with Gasteiger partial charge in [0.25, 0.3) is 0 Å². The van der Waals surface area contributed by atoms with Gasteiger partial charge < -0.3 is 5.32 Å². The molecule has 0 aliphatic carbocycles. The highest BCUT2D eigenvalue weighted by Gasteiger charge is 2.10. The van der Waals surface area contributed by atoms with E-state index in [4.69, 9.17) is 5.53 Å². The average molecular weight is 329 g/mol. The third kappa shape index (κ3) is 4.82. The fourth-order valence-electron chi connectivity index (χ4n) is 1.63. The van der Waals surface area contributed by atoms with Crippen LogP contribution >= 0.6 is 0 Å². The summed E-state index contributed by atoms with van der Waals surface area (Å²) < 4.78 is 12.1. The molecule has 1 aromatic heterocycles. The Hall–Kier alpha value is -2.87. The van der Waals surface area contributed by atoms with Crippen molar-refractivity contribution in [3.05, 3.63) is 66.0 Å². The molecule has 0 saturated carbocycles. The van der Waals surface area contributed by atoms with E-state index in [1.807, 2.05) is 19.1 Å². The molecule has 0 bridgehead atoms. The molecule has 2 aromatic rings. The molecular formula is C15H15N5O2S. The Bertz CT molecular complexity index is 731. The van der Waals surface area contributed by atoms with Crippen molar-refractivity contribution < 1.29 is 9.00 Å². The van der Waals surface area contributed by atoms with Gasteiger partial charge in [-0.15, -0.1) is 0 Å². The molecule has 1 atom stereocenters. The van der Waals surface area contributed by atoms with Crippen LogP contribution in [0.25, 0.3) is 0 Å². The maximum atomic E-state index is 12.1. The number of carbonyl (C=O) groups is 1. The Morgan fingerprint density at radius 3 is 2.70 bits per heavy atom. The summed E-state index contributed by atoms with van der Waals surface area (Å²) in [6.45, 7) is 1.94. The van der Waals surface area contributed by atoms with E-state index in [-0.39, 0.29) is 0 Å². The summed E-state index contributed by atoms with van der Waals surface area (Å²) in [6, 6.07) is 9.86. The number of pyridine rings is 1. The molecule has 2 N–H and O–H groups in total. The van der Waals surface area contributed by atoms with Crippen LogP contribution in [0, 0.1) is 12.5 Å². The first kappa shape index (κ1) is 16.5. The number of urea groups is 1. The topological polar surface area (TPSA) is 98.5 Å². The number of amides is 2. The van der Waals surface area contributed by atoms with Crippen molar-refractivity contribution in [3.8, 4) is 0 Å². The number of nitrogens with one attached hydrogen (secondary N) is 2. The first-order valence-electron chi connectivity index (χ1n) is 6.63. The molecule has 0 saturated heterocycles. The van der Waals surface area contributed by atoms with E-state index in [0.717, 1.165) is 10.6 Å². The van der Waals surface area contributed by atoms with Crippen LogP contribution < -0.4 is 5.32 Å². The number of rotatable bonds is 5. The quantitative estimate of drug-likeness (QED) is 0.649. The second-order valence-electron chi connectivity index (χ2n) is 4.51. The fourth-order valence-corrected chi connectivity index (χ4v) is 2.42. The molecule has 2 amide bonds. The molecule has 1 unspecified atom stereocenters. The molecule has 7 nitrogen and oxygen atoms in total. The zero-order valence-electron chi connectivity index (χ0n) is 12.3. The van der Waals surface area contributed by atoms with Crippen LogP contribution in [0.2, 0.25) is 0 Å². The number of hydrogen-bond donors (Lipinski definition) is 2. The number of aryl methyl sites for hydroxylation is 1. The van der Waals surface area contributed by atoms with E-state index >= 15 is 0 Å². The maximum absolute atomic E-state index is 12.1. The zero-order chi connectivity index (χ0) is 16.7. The predicted octanol–water partition coefficient (Wildman–Crippen LogP) is 3.45. The van der Waals surface area contributed by atoms with E-state index in [0.29, 0.717) is 10.6 Å². The summed E-state index contributed by atoms with van der Waals surface area (Å²) in [4.78, 5) is 16.4. The van der Waals surface area contributed by atoms with Crippen molar-refractivity contribution in [2.75, 3.05) is 5.32 Å². The lowest BCUT2D eigenvalue weighted by molar-refractivity contribution is 0.226. The third-order valence-electron chi connectivity index (χ3n) is 2.81. The molecule has 0 spiro atoms. The van der Waals surface area contributed by atoms with Crippen molar-refractivity contribution in [1.29, 1.82) is 5.53 Å². The van der Waals surface area contributed by atoms with Crippen LogP contribution in [-0.4, -0.2) is 20.2 Å². The standard InChI is InChI=1S/C15H15N5O2S/c1-12-4-6-14(7-5-12)23(22)10-9-20(19-16)15(21)18-13-3-2-8-17-11-13/h2-11,16H,1H3,(H,18,21)/b10-9+,19-16?. The summed E-state index contributed by atoms with van der Waals surface area (Å²) >= 11 is 0. The highest BCUT2D eigenvalue weighted by atomic mass is 32.2. The monoisotopic (exact) mass is 329 g/mol. The van der Waals surface area contributed by atoms with Crippen molar-refractivity contribution in [1.82, 2.24) is 9.99 Å². The highest BCUT2D eigenvalue weighted by molar-refractivity contribution is 7.88. The largest absolute Gasteiger partial charge is 0.347 e. The zero-order valence-corrected chi connectivity index (χ0v) is 13.2. The van der Waals surface area contributed by atoms with E-state index in [2.05, 4.69) is 15.5 Å². The van der Waals surface area contributed by atoms with Gasteiger partial charge in [0, 0.05) is 22.7 Å². The van der Waals surface area contributed by atoms with Crippen LogP contribution in [0.4, 0.5) is 10.5 Å². The predicted molar refractivity (Wildman–Crippen MR) is 87.0 cm³/mol. The molecule has 0 radical (unpaired) electrons. The van der Waals surface area contributed by atoms with Crippen molar-refractivity contribution in [2.45, 2.75) is 11.8 Å². The summed E-state index contributed by atoms with van der Waals surface area (Å²) in [5.41, 5.74) is 8.59. The molecule has 0 aliphatic rings. The summed E-state index contributed by atoms with van der Waals surface area (Å²) in [7, 11) is -1.43. The molecule has 1 heterocycles. The first-order chi connectivity index (χ1) is 11.1. The summed E-state index contributed by atoms with van der Waals surface area (Å²) in [5, 5.41) is 7.66. The van der Waals surface area contributed by atoms with Gasteiger partial charge in [0.15, 0.2) is 0 Å². The number of carbonyl (C=O) groups excluding carboxylic acids is 1. The van der Waals surface area contributed by atoms with Crippen molar-refractivity contribution in [3.63, 3.8) is 0 Å². The van der Waals surface area contributed by atoms with Crippen molar-refractivity contribution in [2.24, 2.45) is 5.22 Å². The molecule has 2 rings (SSSR count). The third-order valence-corrected chi connectivity index (χ3v) is 3.91. The number of aromatic nitrogens is 1. The minimum absolute atomic E-state index is 0.471. The van der Waals surface area contributed by atoms with Crippen LogP contribution in [0.1, 0.15) is 5.56 Å². The molecule has 118 valence electrons. The number of nitrogens with zero attached hydrogens (tertiary/aromatic N) is 3. The summed E-state index contributed by atoms with van der Waals surface area (Å²) in [5.74, 6) is 0. The second kappa shape index (κ2) is 7.95. The van der Waals surface area contributed by atoms with Gasteiger partial charge >= 0.3 is 6.03 Å². The van der Waals surface area contributed by atoms with E-state index in [9.17, 15) is 9.00 Å². The minimum atomic E-state index is -1.43. The van der Waals surface area contributed by atoms with E-state index in [1.54, 1.807) is 30.5 Å². The van der Waals surface area contributed by atoms with Crippen molar-refractivity contribution >= 4 is 22.5 Å². The maximum Gasteiger partial charge on any atom is 0.347 e. The second-order valence-corrected chi connectivity index (χ2v) is 5.85. The number of hydrogen-bond acceptors (Lipinski definition) is 5. The highest BCUT2D eigenvalue weighted by Crippen LogP contribution is 2.10. The average Bonchev–Trinajstić information content (AvgIpc) is 2.56. The Morgan fingerprint density at radius 2 is 2.09 bits per heavy atom. The smallest absolute Gasteiger partial charge is 0.305 e.